The fourth-order valence-electron chi connectivity index (χ4n) is 4.09. The Kier molecular flexibility index (Phi) is 6.55. The van der Waals surface area contributed by atoms with Crippen molar-refractivity contribution in [1.29, 1.82) is 0 Å². The molecule has 1 heterocycles. The minimum atomic E-state index is -4.51. The molecular weight excluding hydrogens is 399 g/mol. The van der Waals surface area contributed by atoms with Crippen LogP contribution in [0.15, 0.2) is 42.5 Å². The van der Waals surface area contributed by atoms with Crippen LogP contribution in [0.1, 0.15) is 42.0 Å². The van der Waals surface area contributed by atoms with E-state index in [4.69, 9.17) is 9.47 Å². The number of ether oxygens (including phenoxy) is 2. The third-order valence-electron chi connectivity index (χ3n) is 5.43. The van der Waals surface area contributed by atoms with E-state index in [0.717, 1.165) is 25.0 Å². The Morgan fingerprint density at radius 1 is 1.10 bits per heavy atom. The van der Waals surface area contributed by atoms with Crippen LogP contribution in [0.3, 0.4) is 0 Å². The van der Waals surface area contributed by atoms with Crippen LogP contribution in [0.2, 0.25) is 0 Å². The van der Waals surface area contributed by atoms with Gasteiger partial charge in [0.15, 0.2) is 0 Å². The molecule has 1 fully saturated rings. The fourth-order valence-corrected chi connectivity index (χ4v) is 4.09. The molecule has 0 radical (unpaired) electrons. The fraction of sp³-hybridized carbons (Fsp3) is 0.409. The van der Waals surface area contributed by atoms with Gasteiger partial charge in [0.2, 0.25) is 0 Å². The predicted molar refractivity (Wildman–Crippen MR) is 105 cm³/mol. The largest absolute Gasteiger partial charge is 0.496 e. The van der Waals surface area contributed by atoms with Crippen LogP contribution >= 0.6 is 0 Å². The van der Waals surface area contributed by atoms with Crippen molar-refractivity contribution < 1.29 is 32.5 Å². The van der Waals surface area contributed by atoms with Gasteiger partial charge in [-0.05, 0) is 49.2 Å². The smallest absolute Gasteiger partial charge is 0.416 e. The second-order valence-corrected chi connectivity index (χ2v) is 7.19. The van der Waals surface area contributed by atoms with Crippen molar-refractivity contribution in [2.24, 2.45) is 0 Å². The number of piperidine rings is 1. The molecule has 3 rings (SSSR count). The summed E-state index contributed by atoms with van der Waals surface area (Å²) < 4.78 is 51.2. The number of halogens is 3. The summed E-state index contributed by atoms with van der Waals surface area (Å²) in [6.45, 7) is 0.430. The summed E-state index contributed by atoms with van der Waals surface area (Å²) in [5.41, 5.74) is 0.0542. The molecule has 0 spiro atoms. The molecule has 0 aliphatic carbocycles. The van der Waals surface area contributed by atoms with Gasteiger partial charge in [0.05, 0.1) is 31.4 Å². The SMILES string of the molecule is COc1cccc(OC)c1C(c1cccc(C(F)(F)F)c1)N1CCCCC1C(=O)O. The Hall–Kier alpha value is -2.74. The molecule has 0 saturated carbocycles. The maximum Gasteiger partial charge on any atom is 0.416 e. The second kappa shape index (κ2) is 8.95. The Balaban J connectivity index is 2.25. The molecule has 1 N–H and O–H groups in total. The zero-order chi connectivity index (χ0) is 21.9. The van der Waals surface area contributed by atoms with Crippen molar-refractivity contribution in [3.8, 4) is 11.5 Å². The molecule has 2 aromatic rings. The van der Waals surface area contributed by atoms with Gasteiger partial charge >= 0.3 is 12.1 Å². The molecule has 162 valence electrons. The van der Waals surface area contributed by atoms with Crippen molar-refractivity contribution in [1.82, 2.24) is 4.90 Å². The molecule has 2 unspecified atom stereocenters. The summed E-state index contributed by atoms with van der Waals surface area (Å²) in [4.78, 5) is 13.7. The van der Waals surface area contributed by atoms with Crippen LogP contribution < -0.4 is 9.47 Å². The topological polar surface area (TPSA) is 59.0 Å². The van der Waals surface area contributed by atoms with E-state index < -0.39 is 29.8 Å². The standard InChI is InChI=1S/C22H24F3NO4/c1-29-17-10-6-11-18(30-2)19(17)20(26-12-4-3-9-16(26)21(27)28)14-7-5-8-15(13-14)22(23,24)25/h5-8,10-11,13,16,20H,3-4,9,12H2,1-2H3,(H,27,28). The zero-order valence-electron chi connectivity index (χ0n) is 16.8. The van der Waals surface area contributed by atoms with E-state index in [2.05, 4.69) is 0 Å². The summed E-state index contributed by atoms with van der Waals surface area (Å²) in [6.07, 6.45) is -2.61. The molecule has 30 heavy (non-hydrogen) atoms. The molecule has 1 aliphatic rings. The van der Waals surface area contributed by atoms with Gasteiger partial charge in [-0.1, -0.05) is 24.6 Å². The number of methoxy groups -OCH3 is 2. The minimum Gasteiger partial charge on any atom is -0.496 e. The monoisotopic (exact) mass is 423 g/mol. The summed E-state index contributed by atoms with van der Waals surface area (Å²) >= 11 is 0. The van der Waals surface area contributed by atoms with E-state index in [1.165, 1.54) is 20.3 Å². The highest BCUT2D eigenvalue weighted by Crippen LogP contribution is 2.44. The normalized spacial score (nSPS) is 18.6. The number of likely N-dealkylation sites (tertiary alicyclic amines) is 1. The molecule has 5 nitrogen and oxygen atoms in total. The molecule has 0 bridgehead atoms. The highest BCUT2D eigenvalue weighted by Gasteiger charge is 2.39. The third-order valence-corrected chi connectivity index (χ3v) is 5.43. The average Bonchev–Trinajstić information content (AvgIpc) is 2.74. The number of carboxylic acids is 1. The van der Waals surface area contributed by atoms with E-state index in [-0.39, 0.29) is 0 Å². The number of hydrogen-bond donors (Lipinski definition) is 1. The van der Waals surface area contributed by atoms with Gasteiger partial charge in [-0.2, -0.15) is 13.2 Å². The first-order valence-electron chi connectivity index (χ1n) is 9.64. The molecule has 2 atom stereocenters. The summed E-state index contributed by atoms with van der Waals surface area (Å²) in [5, 5.41) is 9.80. The number of aliphatic carboxylic acids is 1. The first-order chi connectivity index (χ1) is 14.3. The van der Waals surface area contributed by atoms with E-state index in [1.807, 2.05) is 0 Å². The van der Waals surface area contributed by atoms with E-state index in [0.29, 0.717) is 35.6 Å². The second-order valence-electron chi connectivity index (χ2n) is 7.19. The summed E-state index contributed by atoms with van der Waals surface area (Å²) in [5.74, 6) is -0.154. The van der Waals surface area contributed by atoms with Crippen molar-refractivity contribution in [3.63, 3.8) is 0 Å². The van der Waals surface area contributed by atoms with Gasteiger partial charge in [0, 0.05) is 0 Å². The molecule has 1 saturated heterocycles. The first-order valence-corrected chi connectivity index (χ1v) is 9.64. The Morgan fingerprint density at radius 3 is 2.30 bits per heavy atom. The van der Waals surface area contributed by atoms with Crippen LogP contribution in [-0.2, 0) is 11.0 Å². The van der Waals surface area contributed by atoms with Gasteiger partial charge in [-0.25, -0.2) is 0 Å². The Labute approximate surface area is 173 Å². The minimum absolute atomic E-state index is 0.334. The maximum atomic E-state index is 13.4. The highest BCUT2D eigenvalue weighted by atomic mass is 19.4. The number of hydrogen-bond acceptors (Lipinski definition) is 4. The van der Waals surface area contributed by atoms with Gasteiger partial charge in [-0.3, -0.25) is 9.69 Å². The lowest BCUT2D eigenvalue weighted by Gasteiger charge is -2.40. The molecule has 0 aromatic heterocycles. The number of rotatable bonds is 6. The van der Waals surface area contributed by atoms with Crippen LogP contribution in [0.25, 0.3) is 0 Å². The van der Waals surface area contributed by atoms with Gasteiger partial charge < -0.3 is 14.6 Å². The molecule has 0 amide bonds. The number of benzene rings is 2. The number of nitrogens with zero attached hydrogens (tertiary/aromatic N) is 1. The zero-order valence-corrected chi connectivity index (χ0v) is 16.8. The first kappa shape index (κ1) is 22.0. The molecule has 2 aromatic carbocycles. The maximum absolute atomic E-state index is 13.4. The third kappa shape index (κ3) is 4.38. The summed E-state index contributed by atoms with van der Waals surface area (Å²) in [7, 11) is 2.93. The van der Waals surface area contributed by atoms with Gasteiger partial charge in [0.1, 0.15) is 17.5 Å². The Bertz CT molecular complexity index is 878. The number of carbonyl (C=O) groups is 1. The van der Waals surface area contributed by atoms with Crippen molar-refractivity contribution in [3.05, 3.63) is 59.2 Å². The molecule has 1 aliphatic heterocycles. The van der Waals surface area contributed by atoms with Gasteiger partial charge in [0.25, 0.3) is 0 Å². The van der Waals surface area contributed by atoms with E-state index in [9.17, 15) is 23.1 Å². The van der Waals surface area contributed by atoms with Crippen LogP contribution in [0.4, 0.5) is 13.2 Å². The lowest BCUT2D eigenvalue weighted by Crippen LogP contribution is -2.47. The van der Waals surface area contributed by atoms with Crippen molar-refractivity contribution in [2.75, 3.05) is 20.8 Å². The van der Waals surface area contributed by atoms with Crippen LogP contribution in [-0.4, -0.2) is 42.8 Å². The molecular formula is C22H24F3NO4. The molecule has 8 heteroatoms. The predicted octanol–water partition coefficient (Wildman–Crippen LogP) is 4.75. The average molecular weight is 423 g/mol. The van der Waals surface area contributed by atoms with Crippen molar-refractivity contribution in [2.45, 2.75) is 37.5 Å². The quantitative estimate of drug-likeness (QED) is 0.727. The van der Waals surface area contributed by atoms with E-state index in [1.54, 1.807) is 29.2 Å². The Morgan fingerprint density at radius 2 is 1.73 bits per heavy atom. The van der Waals surface area contributed by atoms with E-state index >= 15 is 0 Å². The lowest BCUT2D eigenvalue weighted by molar-refractivity contribution is -0.145. The van der Waals surface area contributed by atoms with Crippen LogP contribution in [0, 0.1) is 0 Å². The highest BCUT2D eigenvalue weighted by molar-refractivity contribution is 5.74. The number of carboxylic acid groups (broad SMARTS) is 1. The van der Waals surface area contributed by atoms with Gasteiger partial charge in [-0.15, -0.1) is 0 Å². The lowest BCUT2D eigenvalue weighted by atomic mass is 9.90. The van der Waals surface area contributed by atoms with Crippen molar-refractivity contribution >= 4 is 5.97 Å². The van der Waals surface area contributed by atoms with Crippen LogP contribution in [0.5, 0.6) is 11.5 Å². The summed E-state index contributed by atoms with van der Waals surface area (Å²) in [6, 6.07) is 8.50. The number of alkyl halides is 3.